The van der Waals surface area contributed by atoms with Gasteiger partial charge in [0.25, 0.3) is 5.91 Å². The molecule has 5 nitrogen and oxygen atoms in total. The quantitative estimate of drug-likeness (QED) is 0.671. The zero-order valence-corrected chi connectivity index (χ0v) is 13.7. The molecule has 26 heavy (non-hydrogen) atoms. The molecule has 134 valence electrons. The van der Waals surface area contributed by atoms with Gasteiger partial charge in [0.05, 0.1) is 10.7 Å². The largest absolute Gasteiger partial charge is 0.433 e. The number of hydrogen-bond acceptors (Lipinski definition) is 3. The van der Waals surface area contributed by atoms with Crippen molar-refractivity contribution in [1.29, 1.82) is 0 Å². The van der Waals surface area contributed by atoms with Crippen LogP contribution in [0.2, 0.25) is 5.02 Å². The molecular weight excluding hydrogens is 371 g/mol. The molecule has 9 heteroatoms. The topological polar surface area (TPSA) is 67.0 Å². The van der Waals surface area contributed by atoms with E-state index in [2.05, 4.69) is 20.3 Å². The highest BCUT2D eigenvalue weighted by molar-refractivity contribution is 6.32. The molecule has 0 saturated heterocycles. The van der Waals surface area contributed by atoms with Crippen molar-refractivity contribution in [2.45, 2.75) is 6.61 Å². The van der Waals surface area contributed by atoms with Crippen LogP contribution in [-0.4, -0.2) is 22.7 Å². The summed E-state index contributed by atoms with van der Waals surface area (Å²) < 4.78 is 41.6. The van der Waals surface area contributed by atoms with Gasteiger partial charge in [-0.25, -0.2) is 4.39 Å². The van der Waals surface area contributed by atoms with E-state index in [1.165, 1.54) is 48.5 Å². The number of carbonyl (C=O) groups is 1. The number of anilines is 1. The minimum Gasteiger partial charge on any atom is -0.433 e. The predicted molar refractivity (Wildman–Crippen MR) is 90.0 cm³/mol. The molecule has 2 aromatic carbocycles. The van der Waals surface area contributed by atoms with Crippen LogP contribution in [0.3, 0.4) is 0 Å². The molecule has 0 aliphatic rings. The van der Waals surface area contributed by atoms with Crippen molar-refractivity contribution in [2.24, 2.45) is 0 Å². The first-order chi connectivity index (χ1) is 12.4. The number of aromatic amines is 1. The van der Waals surface area contributed by atoms with Gasteiger partial charge in [-0.3, -0.25) is 9.89 Å². The number of carbonyl (C=O) groups excluding carboxylic acids is 1. The van der Waals surface area contributed by atoms with Gasteiger partial charge in [0.2, 0.25) is 0 Å². The molecule has 0 spiro atoms. The van der Waals surface area contributed by atoms with Crippen molar-refractivity contribution in [1.82, 2.24) is 10.2 Å². The van der Waals surface area contributed by atoms with E-state index in [1.54, 1.807) is 0 Å². The van der Waals surface area contributed by atoms with Crippen LogP contribution in [0, 0.1) is 5.82 Å². The van der Waals surface area contributed by atoms with Gasteiger partial charge >= 0.3 is 6.61 Å². The summed E-state index contributed by atoms with van der Waals surface area (Å²) in [5, 5.41) is 9.07. The molecule has 1 amide bonds. The molecule has 0 aliphatic carbocycles. The van der Waals surface area contributed by atoms with E-state index in [0.29, 0.717) is 16.9 Å². The van der Waals surface area contributed by atoms with Crippen molar-refractivity contribution >= 4 is 23.2 Å². The molecule has 0 fully saturated rings. The minimum atomic E-state index is -3.00. The van der Waals surface area contributed by atoms with Crippen LogP contribution in [0.25, 0.3) is 11.3 Å². The lowest BCUT2D eigenvalue weighted by Crippen LogP contribution is -2.12. The first-order valence-corrected chi connectivity index (χ1v) is 7.67. The molecule has 0 unspecified atom stereocenters. The Hall–Kier alpha value is -3.00. The Morgan fingerprint density at radius 2 is 1.88 bits per heavy atom. The van der Waals surface area contributed by atoms with Crippen molar-refractivity contribution in [3.05, 3.63) is 65.1 Å². The fourth-order valence-electron chi connectivity index (χ4n) is 2.18. The van der Waals surface area contributed by atoms with Crippen LogP contribution in [0.5, 0.6) is 5.75 Å². The number of halogens is 4. The van der Waals surface area contributed by atoms with Crippen LogP contribution < -0.4 is 10.1 Å². The second kappa shape index (κ2) is 7.49. The van der Waals surface area contributed by atoms with Gasteiger partial charge in [-0.15, -0.1) is 0 Å². The highest BCUT2D eigenvalue weighted by Crippen LogP contribution is 2.29. The standard InChI is InChI=1S/C17H11ClF3N3O2/c18-12-7-11(5-6-15(12)26-17(20)21)22-16(25)14-8-13(23-24-14)9-1-3-10(19)4-2-9/h1-8,17H,(H,22,25)(H,23,24). The van der Waals surface area contributed by atoms with Gasteiger partial charge in [0.15, 0.2) is 0 Å². The average Bonchev–Trinajstić information content (AvgIpc) is 3.08. The van der Waals surface area contributed by atoms with Crippen molar-refractivity contribution in [3.63, 3.8) is 0 Å². The zero-order valence-electron chi connectivity index (χ0n) is 13.0. The summed E-state index contributed by atoms with van der Waals surface area (Å²) >= 11 is 5.84. The summed E-state index contributed by atoms with van der Waals surface area (Å²) in [5.74, 6) is -1.08. The lowest BCUT2D eigenvalue weighted by Gasteiger charge is -2.09. The molecule has 0 atom stereocenters. The molecular formula is C17H11ClF3N3O2. The Kier molecular flexibility index (Phi) is 5.13. The van der Waals surface area contributed by atoms with E-state index in [-0.39, 0.29) is 22.3 Å². The lowest BCUT2D eigenvalue weighted by molar-refractivity contribution is -0.0497. The smallest absolute Gasteiger partial charge is 0.387 e. The lowest BCUT2D eigenvalue weighted by atomic mass is 10.1. The number of H-pyrrole nitrogens is 1. The van der Waals surface area contributed by atoms with E-state index in [0.717, 1.165) is 0 Å². The Balaban J connectivity index is 1.72. The summed E-state index contributed by atoms with van der Waals surface area (Å²) in [4.78, 5) is 12.3. The van der Waals surface area contributed by atoms with Gasteiger partial charge in [-0.1, -0.05) is 11.6 Å². The molecule has 0 bridgehead atoms. The van der Waals surface area contributed by atoms with Gasteiger partial charge in [0, 0.05) is 11.3 Å². The van der Waals surface area contributed by atoms with Crippen molar-refractivity contribution in [3.8, 4) is 17.0 Å². The summed E-state index contributed by atoms with van der Waals surface area (Å²) in [5.41, 5.74) is 1.56. The predicted octanol–water partition coefficient (Wildman–Crippen LogP) is 4.72. The van der Waals surface area contributed by atoms with Gasteiger partial charge in [0.1, 0.15) is 17.3 Å². The summed E-state index contributed by atoms with van der Waals surface area (Å²) in [6.45, 7) is -3.00. The van der Waals surface area contributed by atoms with Gasteiger partial charge in [-0.2, -0.15) is 13.9 Å². The summed E-state index contributed by atoms with van der Waals surface area (Å²) in [7, 11) is 0. The molecule has 2 N–H and O–H groups in total. The molecule has 1 heterocycles. The number of rotatable bonds is 5. The van der Waals surface area contributed by atoms with E-state index in [9.17, 15) is 18.0 Å². The summed E-state index contributed by atoms with van der Waals surface area (Å²) in [6, 6.07) is 11.0. The van der Waals surface area contributed by atoms with Crippen molar-refractivity contribution in [2.75, 3.05) is 5.32 Å². The third-order valence-electron chi connectivity index (χ3n) is 3.37. The number of hydrogen-bond donors (Lipinski definition) is 2. The third kappa shape index (κ3) is 4.15. The molecule has 1 aromatic heterocycles. The van der Waals surface area contributed by atoms with E-state index in [4.69, 9.17) is 11.6 Å². The molecule has 3 aromatic rings. The SMILES string of the molecule is O=C(Nc1ccc(OC(F)F)c(Cl)c1)c1cc(-c2ccc(F)cc2)n[nH]1. The van der Waals surface area contributed by atoms with Crippen LogP contribution >= 0.6 is 11.6 Å². The normalized spacial score (nSPS) is 10.8. The fourth-order valence-corrected chi connectivity index (χ4v) is 2.40. The number of benzene rings is 2. The van der Waals surface area contributed by atoms with E-state index < -0.39 is 12.5 Å². The van der Waals surface area contributed by atoms with Gasteiger partial charge < -0.3 is 10.1 Å². The number of ether oxygens (including phenoxy) is 1. The molecule has 0 aliphatic heterocycles. The van der Waals surface area contributed by atoms with E-state index in [1.807, 2.05) is 0 Å². The Morgan fingerprint density at radius 1 is 1.15 bits per heavy atom. The summed E-state index contributed by atoms with van der Waals surface area (Å²) in [6.07, 6.45) is 0. The number of amides is 1. The Labute approximate surface area is 150 Å². The number of nitrogens with one attached hydrogen (secondary N) is 2. The third-order valence-corrected chi connectivity index (χ3v) is 3.66. The van der Waals surface area contributed by atoms with Crippen LogP contribution in [0.15, 0.2) is 48.5 Å². The Bertz CT molecular complexity index is 929. The first kappa shape index (κ1) is 17.8. The molecule has 0 radical (unpaired) electrons. The van der Waals surface area contributed by atoms with Gasteiger partial charge in [-0.05, 0) is 48.5 Å². The maximum absolute atomic E-state index is 13.0. The van der Waals surface area contributed by atoms with Crippen LogP contribution in [-0.2, 0) is 0 Å². The maximum atomic E-state index is 13.0. The molecule has 0 saturated carbocycles. The number of alkyl halides is 2. The monoisotopic (exact) mass is 381 g/mol. The van der Waals surface area contributed by atoms with Crippen LogP contribution in [0.1, 0.15) is 10.5 Å². The number of nitrogens with zero attached hydrogens (tertiary/aromatic N) is 1. The second-order valence-electron chi connectivity index (χ2n) is 5.15. The highest BCUT2D eigenvalue weighted by atomic mass is 35.5. The van der Waals surface area contributed by atoms with Crippen molar-refractivity contribution < 1.29 is 22.7 Å². The maximum Gasteiger partial charge on any atom is 0.387 e. The minimum absolute atomic E-state index is 0.0697. The average molecular weight is 382 g/mol. The first-order valence-electron chi connectivity index (χ1n) is 7.29. The Morgan fingerprint density at radius 3 is 2.54 bits per heavy atom. The van der Waals surface area contributed by atoms with E-state index >= 15 is 0 Å². The van der Waals surface area contributed by atoms with Crippen LogP contribution in [0.4, 0.5) is 18.9 Å². The number of aromatic nitrogens is 2. The second-order valence-corrected chi connectivity index (χ2v) is 5.56. The fraction of sp³-hybridized carbons (Fsp3) is 0.0588. The highest BCUT2D eigenvalue weighted by Gasteiger charge is 2.14. The zero-order chi connectivity index (χ0) is 18.7. The molecule has 3 rings (SSSR count).